The Kier molecular flexibility index (Phi) is 9.72. The molecule has 4 heteroatoms. The number of aryl methyl sites for hydroxylation is 1. The van der Waals surface area contributed by atoms with E-state index >= 15 is 0 Å². The molecule has 0 aliphatic rings. The smallest absolute Gasteiger partial charge is 0.283 e. The first-order valence-corrected chi connectivity index (χ1v) is 6.66. The molecule has 4 rings (SSSR count). The molecule has 0 fully saturated rings. The summed E-state index contributed by atoms with van der Waals surface area (Å²) in [6.45, 7) is 2.12. The van der Waals surface area contributed by atoms with Crippen molar-refractivity contribution >= 4 is 46.5 Å². The second-order valence-electron chi connectivity index (χ2n) is 4.77. The summed E-state index contributed by atoms with van der Waals surface area (Å²) >= 11 is 0. The number of nitrogens with zero attached hydrogens (tertiary/aromatic N) is 1. The standard InChI is InChI=1S/C10H9.C9H6N.2ClH.Cr/c1-8-6-9-4-2-3-5-10(9)7-8;1-2-6-9-8(4-1)5-3-7-10-9;;;/h2-7H,1H3;1-5,7H;2*1H;/q2*-1;;;+2. The fourth-order valence-electron chi connectivity index (χ4n) is 2.26. The quantitative estimate of drug-likeness (QED) is 0.353. The molecule has 4 aromatic rings. The SMILES string of the molecule is Cc1cc2ccccc2[cH-]1.Cl.Cl.[Cr+2].[c-]1cccc2cccnc12. The van der Waals surface area contributed by atoms with Gasteiger partial charge in [0.2, 0.25) is 0 Å². The second-order valence-corrected chi connectivity index (χ2v) is 4.77. The Balaban J connectivity index is 0.000000372. The van der Waals surface area contributed by atoms with Crippen LogP contribution in [0.5, 0.6) is 0 Å². The van der Waals surface area contributed by atoms with Crippen LogP contribution in [-0.4, -0.2) is 4.98 Å². The Hall–Kier alpha value is -1.43. The topological polar surface area (TPSA) is 12.9 Å². The summed E-state index contributed by atoms with van der Waals surface area (Å²) in [5, 5.41) is 3.84. The van der Waals surface area contributed by atoms with Crippen LogP contribution in [-0.2, 0) is 17.4 Å². The maximum absolute atomic E-state index is 4.13. The van der Waals surface area contributed by atoms with Gasteiger partial charge in [-0.15, -0.1) is 76.9 Å². The van der Waals surface area contributed by atoms with Gasteiger partial charge >= 0.3 is 17.4 Å². The monoisotopic (exact) mass is 381 g/mol. The van der Waals surface area contributed by atoms with E-state index in [1.165, 1.54) is 16.3 Å². The van der Waals surface area contributed by atoms with Gasteiger partial charge in [-0.2, -0.15) is 30.3 Å². The van der Waals surface area contributed by atoms with Crippen LogP contribution in [0.1, 0.15) is 5.56 Å². The molecule has 0 saturated carbocycles. The van der Waals surface area contributed by atoms with Crippen molar-refractivity contribution in [1.29, 1.82) is 0 Å². The first-order chi connectivity index (χ1) is 9.83. The van der Waals surface area contributed by atoms with Gasteiger partial charge in [-0.05, 0) is 5.52 Å². The molecule has 23 heavy (non-hydrogen) atoms. The molecule has 3 aromatic carbocycles. The van der Waals surface area contributed by atoms with E-state index in [0.29, 0.717) is 0 Å². The molecule has 0 unspecified atom stereocenters. The minimum atomic E-state index is 0. The van der Waals surface area contributed by atoms with Crippen molar-refractivity contribution in [2.45, 2.75) is 6.92 Å². The average Bonchev–Trinajstić information content (AvgIpc) is 2.88. The molecule has 0 atom stereocenters. The third-order valence-electron chi connectivity index (χ3n) is 3.19. The molecule has 0 aliphatic carbocycles. The zero-order valence-electron chi connectivity index (χ0n) is 12.6. The molecule has 0 bridgehead atoms. The zero-order valence-corrected chi connectivity index (χ0v) is 15.5. The minimum Gasteiger partial charge on any atom is -0.283 e. The zero-order chi connectivity index (χ0) is 13.8. The third kappa shape index (κ3) is 5.61. The fraction of sp³-hybridized carbons (Fsp3) is 0.0526. The molecule has 1 aromatic heterocycles. The predicted octanol–water partition coefficient (Wildman–Crippen LogP) is 5.74. The van der Waals surface area contributed by atoms with E-state index < -0.39 is 0 Å². The van der Waals surface area contributed by atoms with Crippen LogP contribution < -0.4 is 0 Å². The Morgan fingerprint density at radius 1 is 0.913 bits per heavy atom. The molecule has 1 nitrogen and oxygen atoms in total. The van der Waals surface area contributed by atoms with E-state index in [-0.39, 0.29) is 42.2 Å². The third-order valence-corrected chi connectivity index (χ3v) is 3.19. The van der Waals surface area contributed by atoms with Crippen molar-refractivity contribution in [2.75, 3.05) is 0 Å². The first-order valence-electron chi connectivity index (χ1n) is 6.66. The van der Waals surface area contributed by atoms with Crippen molar-refractivity contribution in [1.82, 2.24) is 4.98 Å². The molecule has 118 valence electrons. The number of rotatable bonds is 0. The fourth-order valence-corrected chi connectivity index (χ4v) is 2.26. The first kappa shape index (κ1) is 21.6. The van der Waals surface area contributed by atoms with Crippen LogP contribution in [0.2, 0.25) is 0 Å². The van der Waals surface area contributed by atoms with E-state index in [1.54, 1.807) is 6.20 Å². The van der Waals surface area contributed by atoms with Crippen molar-refractivity contribution < 1.29 is 17.4 Å². The maximum atomic E-state index is 4.13. The molecule has 0 spiro atoms. The van der Waals surface area contributed by atoms with Crippen molar-refractivity contribution in [3.8, 4) is 0 Å². The van der Waals surface area contributed by atoms with Crippen LogP contribution in [0, 0.1) is 13.0 Å². The van der Waals surface area contributed by atoms with Crippen molar-refractivity contribution in [3.05, 3.63) is 84.6 Å². The van der Waals surface area contributed by atoms with E-state index in [2.05, 4.69) is 54.4 Å². The van der Waals surface area contributed by atoms with Gasteiger partial charge in [0.15, 0.2) is 0 Å². The van der Waals surface area contributed by atoms with Gasteiger partial charge in [0, 0.05) is 6.20 Å². The number of halogens is 2. The molecular weight excluding hydrogens is 365 g/mol. The largest absolute Gasteiger partial charge is 2.00 e. The number of hydrogen-bond acceptors (Lipinski definition) is 1. The number of aromatic nitrogens is 1. The van der Waals surface area contributed by atoms with E-state index in [1.807, 2.05) is 30.3 Å². The minimum absolute atomic E-state index is 0. The molecule has 0 radical (unpaired) electrons. The van der Waals surface area contributed by atoms with Gasteiger partial charge in [-0.3, -0.25) is 4.98 Å². The van der Waals surface area contributed by atoms with Gasteiger partial charge < -0.3 is 0 Å². The summed E-state index contributed by atoms with van der Waals surface area (Å²) in [7, 11) is 0. The van der Waals surface area contributed by atoms with Gasteiger partial charge in [0.05, 0.1) is 0 Å². The molecular formula is C19H17Cl2CrN. The van der Waals surface area contributed by atoms with Gasteiger partial charge in [-0.25, -0.2) is 0 Å². The van der Waals surface area contributed by atoms with Crippen LogP contribution in [0.15, 0.2) is 72.9 Å². The summed E-state index contributed by atoms with van der Waals surface area (Å²) in [6.07, 6.45) is 1.78. The number of benzene rings is 2. The molecule has 1 heterocycles. The van der Waals surface area contributed by atoms with E-state index in [4.69, 9.17) is 0 Å². The molecule has 0 saturated heterocycles. The summed E-state index contributed by atoms with van der Waals surface area (Å²) in [5.74, 6) is 0. The second kappa shape index (κ2) is 10.4. The van der Waals surface area contributed by atoms with Crippen LogP contribution in [0.4, 0.5) is 0 Å². The van der Waals surface area contributed by atoms with Gasteiger partial charge in [-0.1, -0.05) is 19.1 Å². The van der Waals surface area contributed by atoms with Crippen LogP contribution in [0.3, 0.4) is 0 Å². The summed E-state index contributed by atoms with van der Waals surface area (Å²) in [6, 6.07) is 25.7. The molecule has 0 aliphatic heterocycles. The maximum Gasteiger partial charge on any atom is 2.00 e. The number of hydrogen-bond donors (Lipinski definition) is 0. The van der Waals surface area contributed by atoms with E-state index in [0.717, 1.165) is 10.9 Å². The summed E-state index contributed by atoms with van der Waals surface area (Å²) < 4.78 is 0. The Bertz CT molecular complexity index is 744. The average molecular weight is 382 g/mol. The molecule has 0 N–H and O–H groups in total. The van der Waals surface area contributed by atoms with Crippen molar-refractivity contribution in [2.24, 2.45) is 0 Å². The Morgan fingerprint density at radius 3 is 2.35 bits per heavy atom. The Morgan fingerprint density at radius 2 is 1.61 bits per heavy atom. The number of fused-ring (bicyclic) bond motifs is 2. The van der Waals surface area contributed by atoms with Crippen LogP contribution >= 0.6 is 24.8 Å². The summed E-state index contributed by atoms with van der Waals surface area (Å²) in [4.78, 5) is 4.13. The molecule has 0 amide bonds. The number of para-hydroxylation sites is 1. The van der Waals surface area contributed by atoms with Crippen molar-refractivity contribution in [3.63, 3.8) is 0 Å². The Labute approximate surface area is 160 Å². The summed E-state index contributed by atoms with van der Waals surface area (Å²) in [5.41, 5.74) is 2.28. The predicted molar refractivity (Wildman–Crippen MR) is 99.4 cm³/mol. The van der Waals surface area contributed by atoms with Gasteiger partial charge in [0.1, 0.15) is 0 Å². The van der Waals surface area contributed by atoms with Gasteiger partial charge in [0.25, 0.3) is 0 Å². The van der Waals surface area contributed by atoms with Crippen LogP contribution in [0.25, 0.3) is 21.7 Å². The number of pyridine rings is 1. The normalized spacial score (nSPS) is 8.91. The van der Waals surface area contributed by atoms with E-state index in [9.17, 15) is 0 Å².